The van der Waals surface area contributed by atoms with E-state index in [2.05, 4.69) is 11.9 Å². The van der Waals surface area contributed by atoms with E-state index in [1.54, 1.807) is 24.3 Å². The van der Waals surface area contributed by atoms with Crippen molar-refractivity contribution in [3.63, 3.8) is 0 Å². The first-order valence-corrected chi connectivity index (χ1v) is 6.66. The van der Waals surface area contributed by atoms with Gasteiger partial charge in [-0.05, 0) is 17.7 Å². The molecule has 1 amide bonds. The molecule has 2 N–H and O–H groups in total. The number of amides is 1. The van der Waals surface area contributed by atoms with Gasteiger partial charge < -0.3 is 15.2 Å². The average molecular weight is 307 g/mol. The van der Waals surface area contributed by atoms with E-state index in [0.29, 0.717) is 0 Å². The van der Waals surface area contributed by atoms with Gasteiger partial charge in [0.2, 0.25) is 5.91 Å². The van der Waals surface area contributed by atoms with E-state index in [-0.39, 0.29) is 25.5 Å². The van der Waals surface area contributed by atoms with E-state index in [0.717, 1.165) is 5.56 Å². The summed E-state index contributed by atoms with van der Waals surface area (Å²) in [6.07, 6.45) is 4.74. The van der Waals surface area contributed by atoms with Crippen molar-refractivity contribution in [2.75, 3.05) is 13.2 Å². The molecule has 0 bridgehead atoms. The molecular weight excluding hydrogens is 289 g/mol. The van der Waals surface area contributed by atoms with E-state index < -0.39 is 17.9 Å². The van der Waals surface area contributed by atoms with Crippen LogP contribution in [0.4, 0.5) is 4.39 Å². The zero-order valence-electron chi connectivity index (χ0n) is 12.0. The van der Waals surface area contributed by atoms with Gasteiger partial charge >= 0.3 is 5.97 Å². The van der Waals surface area contributed by atoms with Crippen molar-refractivity contribution in [2.45, 2.75) is 12.5 Å². The van der Waals surface area contributed by atoms with Crippen LogP contribution in [0.5, 0.6) is 0 Å². The van der Waals surface area contributed by atoms with Crippen molar-refractivity contribution in [3.8, 4) is 0 Å². The highest BCUT2D eigenvalue weighted by molar-refractivity contribution is 5.84. The number of halogens is 1. The number of nitrogens with one attached hydrogen (secondary N) is 1. The lowest BCUT2D eigenvalue weighted by atomic mass is 10.2. The third-order valence-electron chi connectivity index (χ3n) is 2.64. The Balaban J connectivity index is 2.44. The number of carboxylic acid groups (broad SMARTS) is 1. The van der Waals surface area contributed by atoms with Gasteiger partial charge in [0, 0.05) is 6.42 Å². The minimum absolute atomic E-state index is 0.0165. The van der Waals surface area contributed by atoms with E-state index in [1.165, 1.54) is 18.2 Å². The highest BCUT2D eigenvalue weighted by atomic mass is 19.1. The summed E-state index contributed by atoms with van der Waals surface area (Å²) in [6.45, 7) is 3.53. The number of carbonyl (C=O) groups excluding carboxylic acids is 1. The van der Waals surface area contributed by atoms with Gasteiger partial charge in [0.1, 0.15) is 5.82 Å². The van der Waals surface area contributed by atoms with E-state index >= 15 is 0 Å². The highest BCUT2D eigenvalue weighted by Crippen LogP contribution is 2.05. The molecule has 0 aliphatic heterocycles. The van der Waals surface area contributed by atoms with Crippen molar-refractivity contribution in [1.29, 1.82) is 0 Å². The Kier molecular flexibility index (Phi) is 7.56. The maximum Gasteiger partial charge on any atom is 0.328 e. The largest absolute Gasteiger partial charge is 0.480 e. The molecule has 0 saturated heterocycles. The monoisotopic (exact) mass is 307 g/mol. The Bertz CT molecular complexity index is 540. The number of carboxylic acids is 1. The summed E-state index contributed by atoms with van der Waals surface area (Å²) in [7, 11) is 0. The lowest BCUT2D eigenvalue weighted by Gasteiger charge is -2.13. The molecule has 0 heterocycles. The van der Waals surface area contributed by atoms with Crippen LogP contribution in [0.3, 0.4) is 0 Å². The third-order valence-corrected chi connectivity index (χ3v) is 2.64. The van der Waals surface area contributed by atoms with Crippen LogP contribution in [0.2, 0.25) is 0 Å². The maximum absolute atomic E-state index is 12.7. The van der Waals surface area contributed by atoms with Crippen LogP contribution in [0.1, 0.15) is 12.0 Å². The van der Waals surface area contributed by atoms with Gasteiger partial charge in [-0.25, -0.2) is 9.18 Å². The van der Waals surface area contributed by atoms with Crippen molar-refractivity contribution >= 4 is 18.0 Å². The lowest BCUT2D eigenvalue weighted by molar-refractivity contribution is -0.143. The zero-order valence-corrected chi connectivity index (χ0v) is 12.0. The Morgan fingerprint density at radius 3 is 2.64 bits per heavy atom. The van der Waals surface area contributed by atoms with Crippen LogP contribution in [0.15, 0.2) is 43.0 Å². The fourth-order valence-electron chi connectivity index (χ4n) is 1.57. The number of benzene rings is 1. The number of hydrogen-bond acceptors (Lipinski definition) is 3. The second-order valence-corrected chi connectivity index (χ2v) is 4.44. The molecular formula is C16H18FNO4. The first kappa shape index (κ1) is 17.6. The smallest absolute Gasteiger partial charge is 0.328 e. The van der Waals surface area contributed by atoms with Crippen LogP contribution in [0, 0.1) is 5.82 Å². The molecule has 0 aliphatic rings. The van der Waals surface area contributed by atoms with Crippen LogP contribution < -0.4 is 5.32 Å². The predicted molar refractivity (Wildman–Crippen MR) is 80.6 cm³/mol. The first-order valence-electron chi connectivity index (χ1n) is 6.66. The van der Waals surface area contributed by atoms with Crippen molar-refractivity contribution in [2.24, 2.45) is 0 Å². The molecule has 1 aromatic rings. The molecule has 0 spiro atoms. The van der Waals surface area contributed by atoms with E-state index in [9.17, 15) is 14.0 Å². The summed E-state index contributed by atoms with van der Waals surface area (Å²) < 4.78 is 17.7. The van der Waals surface area contributed by atoms with Gasteiger partial charge in [-0.2, -0.15) is 0 Å². The molecule has 6 heteroatoms. The standard InChI is InChI=1S/C16H18FNO4/c1-2-10-22-11-14(16(20)21)18-15(19)5-3-4-12-6-8-13(17)9-7-12/h2-4,6-9,14H,1,5,10-11H2,(H,18,19)(H,20,21)/b4-3+. The molecule has 22 heavy (non-hydrogen) atoms. The van der Waals surface area contributed by atoms with Crippen LogP contribution >= 0.6 is 0 Å². The Hall–Kier alpha value is -2.47. The molecule has 0 aromatic heterocycles. The third kappa shape index (κ3) is 6.81. The van der Waals surface area contributed by atoms with Gasteiger partial charge in [-0.3, -0.25) is 4.79 Å². The Morgan fingerprint density at radius 2 is 2.05 bits per heavy atom. The van der Waals surface area contributed by atoms with E-state index in [1.807, 2.05) is 0 Å². The second-order valence-electron chi connectivity index (χ2n) is 4.44. The van der Waals surface area contributed by atoms with Gasteiger partial charge in [-0.1, -0.05) is 30.4 Å². The maximum atomic E-state index is 12.7. The van der Waals surface area contributed by atoms with Crippen molar-refractivity contribution in [1.82, 2.24) is 5.32 Å². The van der Waals surface area contributed by atoms with Crippen molar-refractivity contribution in [3.05, 3.63) is 54.4 Å². The quantitative estimate of drug-likeness (QED) is 0.540. The highest BCUT2D eigenvalue weighted by Gasteiger charge is 2.19. The molecule has 1 aromatic carbocycles. The fourth-order valence-corrected chi connectivity index (χ4v) is 1.57. The molecule has 118 valence electrons. The molecule has 0 saturated carbocycles. The Morgan fingerprint density at radius 1 is 1.36 bits per heavy atom. The molecule has 1 rings (SSSR count). The lowest BCUT2D eigenvalue weighted by Crippen LogP contribution is -2.43. The number of rotatable bonds is 9. The molecule has 1 unspecified atom stereocenters. The minimum atomic E-state index is -1.17. The van der Waals surface area contributed by atoms with Gasteiger partial charge in [0.05, 0.1) is 13.2 Å². The molecule has 0 fully saturated rings. The molecule has 5 nitrogen and oxygen atoms in total. The Labute approximate surface area is 128 Å². The molecule has 0 radical (unpaired) electrons. The number of carbonyl (C=O) groups is 2. The second kappa shape index (κ2) is 9.46. The summed E-state index contributed by atoms with van der Waals surface area (Å²) in [5.41, 5.74) is 0.748. The van der Waals surface area contributed by atoms with Gasteiger partial charge in [0.15, 0.2) is 6.04 Å². The minimum Gasteiger partial charge on any atom is -0.480 e. The van der Waals surface area contributed by atoms with E-state index in [4.69, 9.17) is 9.84 Å². The first-order chi connectivity index (χ1) is 10.5. The van der Waals surface area contributed by atoms with Crippen LogP contribution in [-0.2, 0) is 14.3 Å². The summed E-state index contributed by atoms with van der Waals surface area (Å²) in [4.78, 5) is 22.7. The SMILES string of the molecule is C=CCOCC(NC(=O)C/C=C/c1ccc(F)cc1)C(=O)O. The fraction of sp³-hybridized carbons (Fsp3) is 0.250. The number of ether oxygens (including phenoxy) is 1. The summed E-state index contributed by atoms with van der Waals surface area (Å²) >= 11 is 0. The molecule has 1 atom stereocenters. The number of aliphatic carboxylic acids is 1. The van der Waals surface area contributed by atoms with Crippen LogP contribution in [-0.4, -0.2) is 36.2 Å². The van der Waals surface area contributed by atoms with Gasteiger partial charge in [-0.15, -0.1) is 6.58 Å². The number of hydrogen-bond donors (Lipinski definition) is 2. The van der Waals surface area contributed by atoms with Crippen molar-refractivity contribution < 1.29 is 23.8 Å². The average Bonchev–Trinajstić information content (AvgIpc) is 2.48. The summed E-state index contributed by atoms with van der Waals surface area (Å²) in [6, 6.07) is 4.68. The normalized spacial score (nSPS) is 12.0. The summed E-state index contributed by atoms with van der Waals surface area (Å²) in [5, 5.41) is 11.3. The molecule has 0 aliphatic carbocycles. The summed E-state index contributed by atoms with van der Waals surface area (Å²) in [5.74, 6) is -1.94. The zero-order chi connectivity index (χ0) is 16.4. The topological polar surface area (TPSA) is 75.6 Å². The van der Waals surface area contributed by atoms with Gasteiger partial charge in [0.25, 0.3) is 0 Å². The van der Waals surface area contributed by atoms with Crippen LogP contribution in [0.25, 0.3) is 6.08 Å². The predicted octanol–water partition coefficient (Wildman–Crippen LogP) is 2.00.